The zero-order valence-electron chi connectivity index (χ0n) is 28.0. The summed E-state index contributed by atoms with van der Waals surface area (Å²) in [5.41, 5.74) is -2.23. The van der Waals surface area contributed by atoms with Crippen LogP contribution in [0.25, 0.3) is 0 Å². The number of amides is 1. The fourth-order valence-electron chi connectivity index (χ4n) is 7.14. The summed E-state index contributed by atoms with van der Waals surface area (Å²) in [5.74, 6) is -3.22. The molecule has 3 fully saturated rings. The van der Waals surface area contributed by atoms with E-state index in [1.807, 2.05) is 46.7 Å². The number of alkyl carbamates (subject to hydrolysis) is 1. The van der Waals surface area contributed by atoms with Crippen molar-refractivity contribution in [3.05, 3.63) is 0 Å². The number of methoxy groups -OCH3 is 1. The van der Waals surface area contributed by atoms with Crippen LogP contribution in [0.3, 0.4) is 0 Å². The first kappa shape index (κ1) is 36.6. The van der Waals surface area contributed by atoms with Gasteiger partial charge in [0.15, 0.2) is 17.7 Å². The second-order valence-corrected chi connectivity index (χ2v) is 13.6. The lowest BCUT2D eigenvalue weighted by molar-refractivity contribution is -0.300. The van der Waals surface area contributed by atoms with E-state index >= 15 is 0 Å². The van der Waals surface area contributed by atoms with Crippen LogP contribution in [-0.4, -0.2) is 127 Å². The summed E-state index contributed by atoms with van der Waals surface area (Å²) in [6.45, 7) is 12.8. The van der Waals surface area contributed by atoms with Gasteiger partial charge in [0.2, 0.25) is 0 Å². The number of cyclic esters (lactones) is 1. The number of nitrogens with one attached hydrogen (secondary N) is 2. The van der Waals surface area contributed by atoms with Gasteiger partial charge < -0.3 is 49.4 Å². The Kier molecular flexibility index (Phi) is 12.2. The number of aliphatic hydroxyl groups is 2. The number of ether oxygens (including phenoxy) is 5. The lowest BCUT2D eigenvalue weighted by atomic mass is 9.78. The first-order chi connectivity index (χ1) is 20.5. The van der Waals surface area contributed by atoms with Gasteiger partial charge in [0, 0.05) is 25.1 Å². The number of aliphatic hydroxyl groups excluding tert-OH is 2. The van der Waals surface area contributed by atoms with Crippen LogP contribution < -0.4 is 10.6 Å². The van der Waals surface area contributed by atoms with Crippen molar-refractivity contribution in [2.24, 2.45) is 17.8 Å². The Hall–Kier alpha value is -1.87. The van der Waals surface area contributed by atoms with E-state index in [1.54, 1.807) is 21.0 Å². The lowest BCUT2D eigenvalue weighted by Gasteiger charge is -2.47. The summed E-state index contributed by atoms with van der Waals surface area (Å²) in [6.07, 6.45) is -3.96. The predicted octanol–water partition coefficient (Wildman–Crippen LogP) is 1.22. The molecule has 0 bridgehead atoms. The number of fused-ring (bicyclic) bond motifs is 1. The van der Waals surface area contributed by atoms with E-state index in [1.165, 1.54) is 6.92 Å². The van der Waals surface area contributed by atoms with Crippen molar-refractivity contribution in [2.75, 3.05) is 34.4 Å². The molecule has 0 aromatic heterocycles. The van der Waals surface area contributed by atoms with Gasteiger partial charge in [-0.3, -0.25) is 9.59 Å². The van der Waals surface area contributed by atoms with Crippen molar-refractivity contribution in [3.8, 4) is 0 Å². The van der Waals surface area contributed by atoms with Gasteiger partial charge in [0.05, 0.1) is 30.5 Å². The highest BCUT2D eigenvalue weighted by Gasteiger charge is 2.55. The minimum atomic E-state index is -1.17. The van der Waals surface area contributed by atoms with Crippen LogP contribution >= 0.6 is 0 Å². The smallest absolute Gasteiger partial charge is 0.408 e. The molecule has 3 heterocycles. The quantitative estimate of drug-likeness (QED) is 0.246. The molecule has 3 saturated heterocycles. The number of nitrogens with zero attached hydrogens (tertiary/aromatic N) is 1. The number of esters is 1. The molecule has 44 heavy (non-hydrogen) atoms. The molecule has 13 atom stereocenters. The first-order valence-electron chi connectivity index (χ1n) is 15.8. The predicted molar refractivity (Wildman–Crippen MR) is 161 cm³/mol. The second kappa shape index (κ2) is 14.7. The Balaban J connectivity index is 2.03. The summed E-state index contributed by atoms with van der Waals surface area (Å²) in [5, 5.41) is 27.6. The number of hydrogen-bond acceptors (Lipinski definition) is 12. The fraction of sp³-hybridized carbons (Fsp3) is 0.903. The van der Waals surface area contributed by atoms with Crippen LogP contribution in [0.15, 0.2) is 0 Å². The molecule has 1 amide bonds. The van der Waals surface area contributed by atoms with Crippen molar-refractivity contribution in [1.82, 2.24) is 15.5 Å². The first-order valence-corrected chi connectivity index (χ1v) is 15.8. The maximum Gasteiger partial charge on any atom is 0.408 e. The number of carbonyl (C=O) groups is 3. The molecule has 0 aromatic carbocycles. The molecule has 0 aromatic rings. The third kappa shape index (κ3) is 7.56. The summed E-state index contributed by atoms with van der Waals surface area (Å²) in [6, 6.07) is -1.12. The van der Waals surface area contributed by atoms with Gasteiger partial charge in [-0.1, -0.05) is 20.8 Å². The van der Waals surface area contributed by atoms with Crippen molar-refractivity contribution in [3.63, 3.8) is 0 Å². The van der Waals surface area contributed by atoms with Crippen molar-refractivity contribution in [2.45, 2.75) is 128 Å². The van der Waals surface area contributed by atoms with Gasteiger partial charge in [0.25, 0.3) is 0 Å². The largest absolute Gasteiger partial charge is 0.458 e. The Morgan fingerprint density at radius 2 is 1.77 bits per heavy atom. The van der Waals surface area contributed by atoms with E-state index in [9.17, 15) is 24.6 Å². The summed E-state index contributed by atoms with van der Waals surface area (Å²) in [4.78, 5) is 41.8. The number of likely N-dealkylation sites (N-methyl/N-ethyl adjacent to an activating group) is 1. The topological polar surface area (TPSA) is 165 Å². The summed E-state index contributed by atoms with van der Waals surface area (Å²) >= 11 is 0. The molecule has 3 unspecified atom stereocenters. The van der Waals surface area contributed by atoms with Crippen LogP contribution in [0.5, 0.6) is 0 Å². The molecule has 0 saturated carbocycles. The molecule has 3 aliphatic heterocycles. The Morgan fingerprint density at radius 3 is 2.34 bits per heavy atom. The average Bonchev–Trinajstić information content (AvgIpc) is 3.30. The van der Waals surface area contributed by atoms with Crippen LogP contribution in [-0.2, 0) is 33.3 Å². The molecule has 0 spiro atoms. The number of hydrogen-bond donors (Lipinski definition) is 4. The molecule has 13 nitrogen and oxygen atoms in total. The van der Waals surface area contributed by atoms with Gasteiger partial charge >= 0.3 is 12.1 Å². The highest BCUT2D eigenvalue weighted by atomic mass is 16.7. The third-order valence-corrected chi connectivity index (χ3v) is 9.92. The second-order valence-electron chi connectivity index (χ2n) is 13.6. The van der Waals surface area contributed by atoms with Crippen molar-refractivity contribution < 1.29 is 48.3 Å². The maximum absolute atomic E-state index is 14.0. The van der Waals surface area contributed by atoms with E-state index < -0.39 is 77.6 Å². The standard InChI is InChI=1S/C31H55N3O10/c1-11-22-31(7)25(33-29(39)44-31)19(5)32-14-16(2)13-30(6,40-10)26(17(3)23(36)18(4)27(38)42-22)43-28-24(37)21(34(8)9)12-20(15-35)41-28/h16-22,24-26,28,32,35,37H,11-15H2,1-10H3,(H,33,39)/t16-,17+,18?,19-,20+,21?,22+,24?,25-,26-,28+,30-,31-/m1/s1. The highest BCUT2D eigenvalue weighted by molar-refractivity contribution is 6.00. The van der Waals surface area contributed by atoms with Gasteiger partial charge in [-0.25, -0.2) is 4.79 Å². The molecule has 0 radical (unpaired) electrons. The fourth-order valence-corrected chi connectivity index (χ4v) is 7.14. The van der Waals surface area contributed by atoms with Crippen LogP contribution in [0.1, 0.15) is 67.7 Å². The van der Waals surface area contributed by atoms with Gasteiger partial charge in [0.1, 0.15) is 18.1 Å². The highest BCUT2D eigenvalue weighted by Crippen LogP contribution is 2.37. The number of ketones is 1. The van der Waals surface area contributed by atoms with E-state index in [0.29, 0.717) is 25.8 Å². The SMILES string of the molecule is CC[C@@H]1OC(=O)C(C)C(=O)[C@H](C)[C@@H](O[C@@H]2O[C@H](CO)CC(N(C)C)C2O)[C@](C)(OC)C[C@@H](C)CN[C@H](C)[C@H]2NC(=O)O[C@]12C. The van der Waals surface area contributed by atoms with Gasteiger partial charge in [-0.15, -0.1) is 0 Å². The molecule has 4 N–H and O–H groups in total. The summed E-state index contributed by atoms with van der Waals surface area (Å²) in [7, 11) is 5.21. The Morgan fingerprint density at radius 1 is 1.11 bits per heavy atom. The summed E-state index contributed by atoms with van der Waals surface area (Å²) < 4.78 is 30.2. The molecular weight excluding hydrogens is 574 g/mol. The van der Waals surface area contributed by atoms with Crippen LogP contribution in [0, 0.1) is 17.8 Å². The van der Waals surface area contributed by atoms with Crippen molar-refractivity contribution >= 4 is 17.8 Å². The molecule has 13 heteroatoms. The Bertz CT molecular complexity index is 1020. The normalized spacial score (nSPS) is 44.7. The average molecular weight is 630 g/mol. The van der Waals surface area contributed by atoms with Gasteiger partial charge in [-0.2, -0.15) is 0 Å². The maximum atomic E-state index is 14.0. The zero-order chi connectivity index (χ0) is 33.1. The van der Waals surface area contributed by atoms with E-state index in [4.69, 9.17) is 23.7 Å². The lowest BCUT2D eigenvalue weighted by Crippen LogP contribution is -2.60. The number of Topliss-reactive ketones (excluding diaryl/α,β-unsaturated/α-hetero) is 1. The molecular formula is C31H55N3O10. The minimum Gasteiger partial charge on any atom is -0.458 e. The monoisotopic (exact) mass is 629 g/mol. The third-order valence-electron chi connectivity index (χ3n) is 9.92. The Labute approximate surface area is 261 Å². The van der Waals surface area contributed by atoms with E-state index in [2.05, 4.69) is 10.6 Å². The van der Waals surface area contributed by atoms with Crippen LogP contribution in [0.2, 0.25) is 0 Å². The molecule has 0 aliphatic carbocycles. The molecule has 3 rings (SSSR count). The zero-order valence-corrected chi connectivity index (χ0v) is 28.0. The number of rotatable bonds is 6. The molecule has 254 valence electrons. The van der Waals surface area contributed by atoms with Crippen LogP contribution in [0.4, 0.5) is 4.79 Å². The van der Waals surface area contributed by atoms with Gasteiger partial charge in [-0.05, 0) is 73.5 Å². The number of carbonyl (C=O) groups excluding carboxylic acids is 3. The van der Waals surface area contributed by atoms with Crippen molar-refractivity contribution in [1.29, 1.82) is 0 Å². The minimum absolute atomic E-state index is 0.000557. The molecule has 3 aliphatic rings. The van der Waals surface area contributed by atoms with E-state index in [0.717, 1.165) is 0 Å². The van der Waals surface area contributed by atoms with E-state index in [-0.39, 0.29) is 24.6 Å².